The minimum Gasteiger partial charge on any atom is -0.480 e. The van der Waals surface area contributed by atoms with Crippen LogP contribution in [0.25, 0.3) is 0 Å². The van der Waals surface area contributed by atoms with Crippen LogP contribution in [0.2, 0.25) is 0 Å². The number of aliphatic carboxylic acids is 1. The molecule has 1 aromatic carbocycles. The third kappa shape index (κ3) is 4.44. The van der Waals surface area contributed by atoms with Crippen LogP contribution >= 0.6 is 0 Å². The summed E-state index contributed by atoms with van der Waals surface area (Å²) in [4.78, 5) is 27.3. The Morgan fingerprint density at radius 1 is 1.22 bits per heavy atom. The molecule has 1 heterocycles. The van der Waals surface area contributed by atoms with Gasteiger partial charge in [0, 0.05) is 43.3 Å². The molecule has 1 aliphatic rings. The summed E-state index contributed by atoms with van der Waals surface area (Å²) in [5.74, 6) is -3.29. The molecule has 1 aromatic rings. The number of piperazine rings is 1. The molecule has 27 heavy (non-hydrogen) atoms. The number of amides is 1. The van der Waals surface area contributed by atoms with E-state index in [4.69, 9.17) is 0 Å². The van der Waals surface area contributed by atoms with Crippen LogP contribution in [-0.2, 0) is 9.59 Å². The van der Waals surface area contributed by atoms with Gasteiger partial charge in [-0.15, -0.1) is 0 Å². The van der Waals surface area contributed by atoms with E-state index in [-0.39, 0.29) is 43.5 Å². The van der Waals surface area contributed by atoms with Crippen LogP contribution in [0.1, 0.15) is 38.8 Å². The summed E-state index contributed by atoms with van der Waals surface area (Å²) in [6, 6.07) is 1.13. The number of nitrogens with zero attached hydrogens (tertiary/aromatic N) is 2. The second-order valence-corrected chi connectivity index (χ2v) is 7.22. The molecule has 150 valence electrons. The maximum atomic E-state index is 14.3. The lowest BCUT2D eigenvalue weighted by molar-refractivity contribution is -0.159. The lowest BCUT2D eigenvalue weighted by Crippen LogP contribution is -2.63. The van der Waals surface area contributed by atoms with Gasteiger partial charge in [0.05, 0.1) is 0 Å². The van der Waals surface area contributed by atoms with Crippen LogP contribution < -0.4 is 0 Å². The smallest absolute Gasteiger partial charge is 0.327 e. The number of aliphatic hydroxyl groups is 1. The van der Waals surface area contributed by atoms with Crippen LogP contribution in [0.5, 0.6) is 0 Å². The molecule has 0 bridgehead atoms. The van der Waals surface area contributed by atoms with Crippen molar-refractivity contribution in [1.82, 2.24) is 9.80 Å². The van der Waals surface area contributed by atoms with E-state index in [1.54, 1.807) is 25.7 Å². The number of carboxylic acid groups (broad SMARTS) is 1. The maximum absolute atomic E-state index is 14.3. The summed E-state index contributed by atoms with van der Waals surface area (Å²) in [5.41, 5.74) is -0.188. The fraction of sp³-hybridized carbons (Fsp3) is 0.579. The molecule has 0 radical (unpaired) electrons. The van der Waals surface area contributed by atoms with Crippen molar-refractivity contribution in [2.45, 2.75) is 45.3 Å². The van der Waals surface area contributed by atoms with Crippen molar-refractivity contribution in [3.8, 4) is 0 Å². The van der Waals surface area contributed by atoms with E-state index in [1.165, 1.54) is 11.0 Å². The number of hydrogen-bond acceptors (Lipinski definition) is 4. The average Bonchev–Trinajstić information content (AvgIpc) is 2.59. The first-order chi connectivity index (χ1) is 12.7. The van der Waals surface area contributed by atoms with Crippen molar-refractivity contribution in [1.29, 1.82) is 0 Å². The van der Waals surface area contributed by atoms with Crippen molar-refractivity contribution >= 4 is 11.9 Å². The Bertz CT molecular complexity index is 678. The molecule has 1 aliphatic heterocycles. The van der Waals surface area contributed by atoms with Crippen molar-refractivity contribution in [3.05, 3.63) is 35.4 Å². The van der Waals surface area contributed by atoms with Gasteiger partial charge in [0.15, 0.2) is 0 Å². The van der Waals surface area contributed by atoms with Gasteiger partial charge in [-0.05, 0) is 25.5 Å². The second kappa shape index (κ2) is 8.75. The normalized spacial score (nSPS) is 22.1. The van der Waals surface area contributed by atoms with Crippen LogP contribution in [0.4, 0.5) is 8.78 Å². The molecule has 3 atom stereocenters. The first kappa shape index (κ1) is 21.2. The molecule has 8 heteroatoms. The van der Waals surface area contributed by atoms with Gasteiger partial charge in [-0.1, -0.05) is 19.9 Å². The molecule has 0 saturated carbocycles. The van der Waals surface area contributed by atoms with E-state index in [9.17, 15) is 28.6 Å². The number of benzene rings is 1. The summed E-state index contributed by atoms with van der Waals surface area (Å²) in [6.45, 7) is 4.98. The fourth-order valence-corrected chi connectivity index (χ4v) is 3.70. The standard InChI is InChI=1S/C19H26F2N2O4/c1-11(2)18(25)23-12(3)9-22(10-16(23)19(26)27)15(7-8-24)17-13(20)5-4-6-14(17)21/h4-6,11-12,15-16,24H,7-10H2,1-3H3,(H,26,27)/t12-,15-,16-/m1/s1. The number of carboxylic acids is 1. The molecule has 0 unspecified atom stereocenters. The minimum atomic E-state index is -1.17. The Morgan fingerprint density at radius 3 is 2.30 bits per heavy atom. The Balaban J connectivity index is 2.39. The number of hydrogen-bond donors (Lipinski definition) is 2. The first-order valence-corrected chi connectivity index (χ1v) is 9.02. The van der Waals surface area contributed by atoms with Crippen LogP contribution in [-0.4, -0.2) is 63.7 Å². The molecule has 2 N–H and O–H groups in total. The Kier molecular flexibility index (Phi) is 6.89. The quantitative estimate of drug-likeness (QED) is 0.784. The minimum absolute atomic E-state index is 0.0506. The van der Waals surface area contributed by atoms with E-state index in [1.807, 2.05) is 0 Å². The van der Waals surface area contributed by atoms with Gasteiger partial charge in [-0.25, -0.2) is 13.6 Å². The lowest BCUT2D eigenvalue weighted by Gasteiger charge is -2.47. The monoisotopic (exact) mass is 384 g/mol. The van der Waals surface area contributed by atoms with E-state index in [2.05, 4.69) is 0 Å². The van der Waals surface area contributed by atoms with Gasteiger partial charge < -0.3 is 15.1 Å². The van der Waals surface area contributed by atoms with Gasteiger partial charge >= 0.3 is 5.97 Å². The zero-order valence-electron chi connectivity index (χ0n) is 15.7. The number of carbonyl (C=O) groups excluding carboxylic acids is 1. The van der Waals surface area contributed by atoms with Crippen molar-refractivity contribution in [2.24, 2.45) is 5.92 Å². The Labute approximate surface area is 157 Å². The Hall–Kier alpha value is -2.06. The molecular formula is C19H26F2N2O4. The zero-order valence-corrected chi connectivity index (χ0v) is 15.7. The van der Waals surface area contributed by atoms with E-state index >= 15 is 0 Å². The topological polar surface area (TPSA) is 81.1 Å². The summed E-state index contributed by atoms with van der Waals surface area (Å²) in [7, 11) is 0. The summed E-state index contributed by atoms with van der Waals surface area (Å²) >= 11 is 0. The number of halogens is 2. The largest absolute Gasteiger partial charge is 0.480 e. The highest BCUT2D eigenvalue weighted by atomic mass is 19.1. The van der Waals surface area contributed by atoms with Gasteiger partial charge in [0.25, 0.3) is 0 Å². The molecule has 2 rings (SSSR count). The predicted octanol–water partition coefficient (Wildman–Crippen LogP) is 2.03. The lowest BCUT2D eigenvalue weighted by atomic mass is 9.96. The summed E-state index contributed by atoms with van der Waals surface area (Å²) < 4.78 is 28.6. The molecule has 6 nitrogen and oxygen atoms in total. The molecule has 0 aliphatic carbocycles. The fourth-order valence-electron chi connectivity index (χ4n) is 3.70. The molecule has 0 spiro atoms. The van der Waals surface area contributed by atoms with Crippen molar-refractivity contribution < 1.29 is 28.6 Å². The van der Waals surface area contributed by atoms with Gasteiger partial charge in [-0.3, -0.25) is 9.69 Å². The summed E-state index contributed by atoms with van der Waals surface area (Å²) in [5, 5.41) is 19.1. The Morgan fingerprint density at radius 2 is 1.81 bits per heavy atom. The van der Waals surface area contributed by atoms with Crippen molar-refractivity contribution in [3.63, 3.8) is 0 Å². The van der Waals surface area contributed by atoms with Crippen LogP contribution in [0.3, 0.4) is 0 Å². The van der Waals surface area contributed by atoms with E-state index < -0.39 is 35.7 Å². The summed E-state index contributed by atoms with van der Waals surface area (Å²) in [6.07, 6.45) is 0.0506. The highest BCUT2D eigenvalue weighted by Gasteiger charge is 2.42. The first-order valence-electron chi connectivity index (χ1n) is 9.02. The average molecular weight is 384 g/mol. The second-order valence-electron chi connectivity index (χ2n) is 7.22. The zero-order chi connectivity index (χ0) is 20.3. The van der Waals surface area contributed by atoms with E-state index in [0.29, 0.717) is 0 Å². The highest BCUT2D eigenvalue weighted by Crippen LogP contribution is 2.32. The molecular weight excluding hydrogens is 358 g/mol. The third-order valence-electron chi connectivity index (χ3n) is 4.93. The molecule has 1 saturated heterocycles. The molecule has 1 fully saturated rings. The van der Waals surface area contributed by atoms with Gasteiger partial charge in [0.1, 0.15) is 17.7 Å². The highest BCUT2D eigenvalue weighted by molar-refractivity contribution is 5.85. The van der Waals surface area contributed by atoms with Crippen molar-refractivity contribution in [2.75, 3.05) is 19.7 Å². The number of aliphatic hydroxyl groups excluding tert-OH is 1. The van der Waals surface area contributed by atoms with Crippen LogP contribution in [0, 0.1) is 17.6 Å². The molecule has 1 amide bonds. The van der Waals surface area contributed by atoms with E-state index in [0.717, 1.165) is 12.1 Å². The third-order valence-corrected chi connectivity index (χ3v) is 4.93. The van der Waals surface area contributed by atoms with Crippen LogP contribution in [0.15, 0.2) is 18.2 Å². The predicted molar refractivity (Wildman–Crippen MR) is 94.9 cm³/mol. The number of rotatable bonds is 6. The maximum Gasteiger partial charge on any atom is 0.327 e. The van der Waals surface area contributed by atoms with Gasteiger partial charge in [-0.2, -0.15) is 0 Å². The molecule has 0 aromatic heterocycles. The van der Waals surface area contributed by atoms with Gasteiger partial charge in [0.2, 0.25) is 5.91 Å². The SMILES string of the molecule is CC(C)C(=O)N1[C@H](C)CN([C@H](CCO)c2c(F)cccc2F)C[C@@H]1C(=O)O. The number of carbonyl (C=O) groups is 2.